The number of carbonyl (C=O) groups is 2. The van der Waals surface area contributed by atoms with Crippen molar-refractivity contribution in [2.24, 2.45) is 5.92 Å². The molecule has 8 heteroatoms. The Hall–Kier alpha value is -3.03. The Morgan fingerprint density at radius 2 is 1.93 bits per heavy atom. The predicted molar refractivity (Wildman–Crippen MR) is 98.1 cm³/mol. The standard InChI is InChI=1S/C20H19F3N2O3/c1-2-28-17-8-6-16(7-9-17)25-12-13(10-18(25)26)19(27)24-15-5-3-4-14(11-15)20(21,22)23/h3-9,11,13H,2,10,12H2,1H3,(H,24,27)/t13-/m1/s1. The third-order valence-corrected chi connectivity index (χ3v) is 4.41. The van der Waals surface area contributed by atoms with Gasteiger partial charge >= 0.3 is 6.18 Å². The summed E-state index contributed by atoms with van der Waals surface area (Å²) in [6.07, 6.45) is -4.49. The largest absolute Gasteiger partial charge is 0.494 e. The first-order chi connectivity index (χ1) is 13.3. The lowest BCUT2D eigenvalue weighted by Gasteiger charge is -2.17. The molecule has 0 bridgehead atoms. The first-order valence-electron chi connectivity index (χ1n) is 8.79. The monoisotopic (exact) mass is 392 g/mol. The van der Waals surface area contributed by atoms with Crippen molar-refractivity contribution in [1.82, 2.24) is 0 Å². The van der Waals surface area contributed by atoms with Gasteiger partial charge in [-0.25, -0.2) is 0 Å². The number of benzene rings is 2. The fourth-order valence-corrected chi connectivity index (χ4v) is 3.04. The minimum atomic E-state index is -4.49. The molecule has 1 N–H and O–H groups in total. The smallest absolute Gasteiger partial charge is 0.416 e. The first kappa shape index (κ1) is 19.7. The predicted octanol–water partition coefficient (Wildman–Crippen LogP) is 4.10. The highest BCUT2D eigenvalue weighted by atomic mass is 19.4. The summed E-state index contributed by atoms with van der Waals surface area (Å²) in [6, 6.07) is 11.4. The molecule has 0 unspecified atom stereocenters. The van der Waals surface area contributed by atoms with Crippen LogP contribution in [0.15, 0.2) is 48.5 Å². The van der Waals surface area contributed by atoms with Gasteiger partial charge in [0.05, 0.1) is 18.1 Å². The van der Waals surface area contributed by atoms with E-state index < -0.39 is 23.6 Å². The molecule has 0 aliphatic carbocycles. The van der Waals surface area contributed by atoms with Crippen molar-refractivity contribution >= 4 is 23.2 Å². The molecule has 2 aromatic carbocycles. The molecular weight excluding hydrogens is 373 g/mol. The van der Waals surface area contributed by atoms with Gasteiger partial charge in [0.1, 0.15) is 5.75 Å². The Bertz CT molecular complexity index is 866. The van der Waals surface area contributed by atoms with Crippen molar-refractivity contribution in [3.05, 3.63) is 54.1 Å². The lowest BCUT2D eigenvalue weighted by atomic mass is 10.1. The highest BCUT2D eigenvalue weighted by molar-refractivity contribution is 6.03. The minimum Gasteiger partial charge on any atom is -0.494 e. The maximum Gasteiger partial charge on any atom is 0.416 e. The quantitative estimate of drug-likeness (QED) is 0.834. The fraction of sp³-hybridized carbons (Fsp3) is 0.300. The Kier molecular flexibility index (Phi) is 5.58. The van der Waals surface area contributed by atoms with Crippen LogP contribution in [0.4, 0.5) is 24.5 Å². The van der Waals surface area contributed by atoms with Gasteiger partial charge in [-0.05, 0) is 49.4 Å². The van der Waals surface area contributed by atoms with E-state index in [9.17, 15) is 22.8 Å². The maximum absolute atomic E-state index is 12.8. The molecule has 5 nitrogen and oxygen atoms in total. The second-order valence-corrected chi connectivity index (χ2v) is 6.40. The number of nitrogens with one attached hydrogen (secondary N) is 1. The summed E-state index contributed by atoms with van der Waals surface area (Å²) in [5.74, 6) is -0.667. The molecule has 0 aromatic heterocycles. The van der Waals surface area contributed by atoms with Gasteiger partial charge in [-0.2, -0.15) is 13.2 Å². The molecule has 1 aliphatic rings. The summed E-state index contributed by atoms with van der Waals surface area (Å²) in [5.41, 5.74) is -0.154. The Morgan fingerprint density at radius 1 is 1.21 bits per heavy atom. The van der Waals surface area contributed by atoms with E-state index in [2.05, 4.69) is 5.32 Å². The molecule has 0 radical (unpaired) electrons. The summed E-state index contributed by atoms with van der Waals surface area (Å²) in [4.78, 5) is 26.2. The number of ether oxygens (including phenoxy) is 1. The highest BCUT2D eigenvalue weighted by Gasteiger charge is 2.35. The summed E-state index contributed by atoms with van der Waals surface area (Å²) < 4.78 is 43.8. The zero-order chi connectivity index (χ0) is 20.3. The van der Waals surface area contributed by atoms with Crippen LogP contribution in [0.2, 0.25) is 0 Å². The molecular formula is C20H19F3N2O3. The molecule has 1 atom stereocenters. The van der Waals surface area contributed by atoms with E-state index in [0.29, 0.717) is 18.0 Å². The van der Waals surface area contributed by atoms with E-state index in [1.54, 1.807) is 24.3 Å². The molecule has 2 amide bonds. The number of hydrogen-bond acceptors (Lipinski definition) is 3. The molecule has 0 saturated carbocycles. The SMILES string of the molecule is CCOc1ccc(N2C[C@H](C(=O)Nc3cccc(C(F)(F)F)c3)CC2=O)cc1. The van der Waals surface area contributed by atoms with Gasteiger partial charge in [0.25, 0.3) is 0 Å². The van der Waals surface area contributed by atoms with Gasteiger partial charge in [0.15, 0.2) is 0 Å². The Labute approximate surface area is 160 Å². The van der Waals surface area contributed by atoms with E-state index in [-0.39, 0.29) is 24.6 Å². The summed E-state index contributed by atoms with van der Waals surface area (Å²) in [6.45, 7) is 2.56. The van der Waals surface area contributed by atoms with Crippen LogP contribution in [0.25, 0.3) is 0 Å². The van der Waals surface area contributed by atoms with Gasteiger partial charge in [0.2, 0.25) is 11.8 Å². The minimum absolute atomic E-state index is 0.00198. The van der Waals surface area contributed by atoms with Crippen LogP contribution in [0.3, 0.4) is 0 Å². The van der Waals surface area contributed by atoms with Crippen LogP contribution < -0.4 is 15.0 Å². The summed E-state index contributed by atoms with van der Waals surface area (Å²) >= 11 is 0. The average molecular weight is 392 g/mol. The molecule has 148 valence electrons. The molecule has 2 aromatic rings. The van der Waals surface area contributed by atoms with Gasteiger partial charge in [-0.1, -0.05) is 6.07 Å². The van der Waals surface area contributed by atoms with E-state index >= 15 is 0 Å². The van der Waals surface area contributed by atoms with Crippen molar-refractivity contribution in [3.8, 4) is 5.75 Å². The number of carbonyl (C=O) groups excluding carboxylic acids is 2. The van der Waals surface area contributed by atoms with Crippen LogP contribution in [0.1, 0.15) is 18.9 Å². The van der Waals surface area contributed by atoms with Gasteiger partial charge < -0.3 is 15.0 Å². The zero-order valence-corrected chi connectivity index (χ0v) is 15.1. The number of rotatable bonds is 5. The van der Waals surface area contributed by atoms with Crippen LogP contribution in [0.5, 0.6) is 5.75 Å². The Balaban J connectivity index is 1.67. The topological polar surface area (TPSA) is 58.6 Å². The van der Waals surface area contributed by atoms with Crippen molar-refractivity contribution in [2.75, 3.05) is 23.4 Å². The van der Waals surface area contributed by atoms with E-state index in [1.165, 1.54) is 17.0 Å². The first-order valence-corrected chi connectivity index (χ1v) is 8.79. The van der Waals surface area contributed by atoms with E-state index in [1.807, 2.05) is 6.92 Å². The van der Waals surface area contributed by atoms with Gasteiger partial charge in [0, 0.05) is 24.3 Å². The number of halogens is 3. The van der Waals surface area contributed by atoms with Crippen LogP contribution in [-0.2, 0) is 15.8 Å². The maximum atomic E-state index is 12.8. The van der Waals surface area contributed by atoms with Crippen molar-refractivity contribution in [2.45, 2.75) is 19.5 Å². The molecule has 1 saturated heterocycles. The zero-order valence-electron chi connectivity index (χ0n) is 15.1. The van der Waals surface area contributed by atoms with Gasteiger partial charge in [-0.15, -0.1) is 0 Å². The van der Waals surface area contributed by atoms with Crippen LogP contribution in [0, 0.1) is 5.92 Å². The van der Waals surface area contributed by atoms with E-state index in [4.69, 9.17) is 4.74 Å². The summed E-state index contributed by atoms with van der Waals surface area (Å²) in [7, 11) is 0. The average Bonchev–Trinajstić information content (AvgIpc) is 3.04. The number of hydrogen-bond donors (Lipinski definition) is 1. The number of alkyl halides is 3. The third-order valence-electron chi connectivity index (χ3n) is 4.41. The number of nitrogens with zero attached hydrogens (tertiary/aromatic N) is 1. The second-order valence-electron chi connectivity index (χ2n) is 6.40. The third kappa shape index (κ3) is 4.44. The molecule has 1 fully saturated rings. The van der Waals surface area contributed by atoms with Crippen LogP contribution >= 0.6 is 0 Å². The van der Waals surface area contributed by atoms with E-state index in [0.717, 1.165) is 12.1 Å². The molecule has 3 rings (SSSR count). The van der Waals surface area contributed by atoms with Crippen molar-refractivity contribution < 1.29 is 27.5 Å². The molecule has 28 heavy (non-hydrogen) atoms. The molecule has 0 spiro atoms. The summed E-state index contributed by atoms with van der Waals surface area (Å²) in [5, 5.41) is 2.48. The number of anilines is 2. The number of amides is 2. The normalized spacial score (nSPS) is 16.9. The second kappa shape index (κ2) is 7.92. The highest BCUT2D eigenvalue weighted by Crippen LogP contribution is 2.31. The molecule has 1 heterocycles. The molecule has 1 aliphatic heterocycles. The fourth-order valence-electron chi connectivity index (χ4n) is 3.04. The van der Waals surface area contributed by atoms with Gasteiger partial charge in [-0.3, -0.25) is 9.59 Å². The Morgan fingerprint density at radius 3 is 2.57 bits per heavy atom. The van der Waals surface area contributed by atoms with Crippen molar-refractivity contribution in [1.29, 1.82) is 0 Å². The van der Waals surface area contributed by atoms with Crippen LogP contribution in [-0.4, -0.2) is 25.0 Å². The van der Waals surface area contributed by atoms with Crippen molar-refractivity contribution in [3.63, 3.8) is 0 Å². The lowest BCUT2D eigenvalue weighted by molar-refractivity contribution is -0.137. The lowest BCUT2D eigenvalue weighted by Crippen LogP contribution is -2.28.